The number of ether oxygens (including phenoxy) is 1. The zero-order valence-corrected chi connectivity index (χ0v) is 18.5. The van der Waals surface area contributed by atoms with Crippen LogP contribution in [0.25, 0.3) is 0 Å². The second kappa shape index (κ2) is 11.2. The molecule has 1 fully saturated rings. The van der Waals surface area contributed by atoms with Crippen LogP contribution >= 0.6 is 0 Å². The molecule has 2 aromatic carbocycles. The van der Waals surface area contributed by atoms with Crippen molar-refractivity contribution in [2.75, 3.05) is 20.7 Å². The van der Waals surface area contributed by atoms with Gasteiger partial charge in [-0.1, -0.05) is 42.5 Å². The molecule has 1 amide bonds. The van der Waals surface area contributed by atoms with Crippen LogP contribution in [0.15, 0.2) is 59.6 Å². The maximum Gasteiger partial charge on any atom is 0.255 e. The Kier molecular flexibility index (Phi) is 8.06. The highest BCUT2D eigenvalue weighted by molar-refractivity contribution is 5.97. The number of carbonyl (C=O) groups excluding carboxylic acids is 1. The summed E-state index contributed by atoms with van der Waals surface area (Å²) in [7, 11) is 3.29. The first-order chi connectivity index (χ1) is 15.6. The zero-order chi connectivity index (χ0) is 22.8. The number of hydrogen-bond acceptors (Lipinski definition) is 5. The number of nitrogens with zero attached hydrogens (tertiary/aromatic N) is 2. The van der Waals surface area contributed by atoms with E-state index in [1.807, 2.05) is 36.5 Å². The van der Waals surface area contributed by atoms with E-state index in [1.165, 1.54) is 5.56 Å². The number of carbonyl (C=O) groups is 1. The van der Waals surface area contributed by atoms with Crippen LogP contribution in [-0.2, 0) is 5.41 Å². The summed E-state index contributed by atoms with van der Waals surface area (Å²) in [5.41, 5.74) is 7.21. The standard InChI is InChI=1S/C24H30N6O2/c1-26-30-23(28-17-25)29-19-12-14-24(15-13-19,18-8-4-3-5-9-18)16-27-22(31)20-10-6-7-11-21(20)32-2/h3-11,19,26H,12-16H2,1-2H3,(H,27,31)(H2,28,29,30). The molecule has 0 aliphatic heterocycles. The Balaban J connectivity index is 1.75. The summed E-state index contributed by atoms with van der Waals surface area (Å²) >= 11 is 0. The summed E-state index contributed by atoms with van der Waals surface area (Å²) in [5, 5.41) is 14.6. The van der Waals surface area contributed by atoms with Crippen LogP contribution in [0.4, 0.5) is 0 Å². The second-order valence-corrected chi connectivity index (χ2v) is 7.85. The van der Waals surface area contributed by atoms with Crippen LogP contribution in [0.2, 0.25) is 0 Å². The Labute approximate surface area is 189 Å². The van der Waals surface area contributed by atoms with Crippen LogP contribution in [0.5, 0.6) is 5.75 Å². The highest BCUT2D eigenvalue weighted by Crippen LogP contribution is 2.40. The number of rotatable bonds is 7. The minimum absolute atomic E-state index is 0.0912. The monoisotopic (exact) mass is 434 g/mol. The summed E-state index contributed by atoms with van der Waals surface area (Å²) < 4.78 is 5.34. The molecule has 168 valence electrons. The van der Waals surface area contributed by atoms with Gasteiger partial charge in [0.2, 0.25) is 5.96 Å². The number of guanidine groups is 1. The third kappa shape index (κ3) is 5.56. The predicted molar refractivity (Wildman–Crippen MR) is 124 cm³/mol. The molecule has 0 aromatic heterocycles. The average molecular weight is 435 g/mol. The molecular formula is C24H30N6O2. The van der Waals surface area contributed by atoms with Gasteiger partial charge in [-0.05, 0) is 43.4 Å². The number of nitrogens with one attached hydrogen (secondary N) is 4. The molecule has 0 spiro atoms. The molecule has 4 N–H and O–H groups in total. The quantitative estimate of drug-likeness (QED) is 0.175. The van der Waals surface area contributed by atoms with Crippen LogP contribution in [0, 0.1) is 11.5 Å². The highest BCUT2D eigenvalue weighted by atomic mass is 16.5. The van der Waals surface area contributed by atoms with Crippen molar-refractivity contribution in [2.45, 2.75) is 37.1 Å². The molecule has 0 radical (unpaired) electrons. The first kappa shape index (κ1) is 23.1. The van der Waals surface area contributed by atoms with Gasteiger partial charge in [-0.3, -0.25) is 15.5 Å². The summed E-state index contributed by atoms with van der Waals surface area (Å²) in [6.07, 6.45) is 5.34. The van der Waals surface area contributed by atoms with Crippen molar-refractivity contribution in [3.8, 4) is 11.9 Å². The van der Waals surface area contributed by atoms with Crippen molar-refractivity contribution in [1.29, 1.82) is 5.26 Å². The molecule has 0 saturated heterocycles. The Morgan fingerprint density at radius 2 is 1.84 bits per heavy atom. The first-order valence-corrected chi connectivity index (χ1v) is 10.7. The molecule has 3 rings (SSSR count). The minimum atomic E-state index is -0.176. The van der Waals surface area contributed by atoms with Crippen molar-refractivity contribution in [1.82, 2.24) is 21.5 Å². The highest BCUT2D eigenvalue weighted by Gasteiger charge is 2.37. The Hall–Kier alpha value is -3.57. The van der Waals surface area contributed by atoms with Gasteiger partial charge in [-0.25, -0.2) is 10.4 Å². The van der Waals surface area contributed by atoms with Gasteiger partial charge in [0.05, 0.1) is 18.7 Å². The topological polar surface area (TPSA) is 111 Å². The maximum absolute atomic E-state index is 12.9. The number of hydrogen-bond donors (Lipinski definition) is 4. The lowest BCUT2D eigenvalue weighted by Gasteiger charge is -2.40. The molecule has 1 saturated carbocycles. The number of amides is 1. The third-order valence-corrected chi connectivity index (χ3v) is 5.97. The zero-order valence-electron chi connectivity index (χ0n) is 18.5. The molecule has 0 unspecified atom stereocenters. The molecule has 32 heavy (non-hydrogen) atoms. The van der Waals surface area contributed by atoms with E-state index in [0.29, 0.717) is 23.8 Å². The Bertz CT molecular complexity index is 962. The SMILES string of the molecule is CNNC(=NC1CCC(CNC(=O)c2ccccc2OC)(c2ccccc2)CC1)NC#N. The van der Waals surface area contributed by atoms with Gasteiger partial charge in [0.25, 0.3) is 5.91 Å². The molecule has 1 aliphatic carbocycles. The third-order valence-electron chi connectivity index (χ3n) is 5.97. The van der Waals surface area contributed by atoms with Gasteiger partial charge in [0, 0.05) is 19.0 Å². The second-order valence-electron chi connectivity index (χ2n) is 7.85. The average Bonchev–Trinajstić information content (AvgIpc) is 2.84. The smallest absolute Gasteiger partial charge is 0.255 e. The van der Waals surface area contributed by atoms with E-state index in [-0.39, 0.29) is 17.4 Å². The molecule has 8 heteroatoms. The fourth-order valence-corrected chi connectivity index (χ4v) is 4.27. The van der Waals surface area contributed by atoms with Crippen LogP contribution < -0.4 is 26.2 Å². The van der Waals surface area contributed by atoms with E-state index in [2.05, 4.69) is 38.6 Å². The molecule has 0 heterocycles. The maximum atomic E-state index is 12.9. The van der Waals surface area contributed by atoms with E-state index in [9.17, 15) is 4.79 Å². The van der Waals surface area contributed by atoms with Crippen molar-refractivity contribution in [3.05, 3.63) is 65.7 Å². The van der Waals surface area contributed by atoms with Gasteiger partial charge in [-0.2, -0.15) is 5.26 Å². The van der Waals surface area contributed by atoms with E-state index in [1.54, 1.807) is 26.3 Å². The van der Waals surface area contributed by atoms with Crippen molar-refractivity contribution < 1.29 is 9.53 Å². The fourth-order valence-electron chi connectivity index (χ4n) is 4.27. The predicted octanol–water partition coefficient (Wildman–Crippen LogP) is 2.46. The molecule has 0 atom stereocenters. The van der Waals surface area contributed by atoms with Crippen LogP contribution in [-0.4, -0.2) is 38.6 Å². The minimum Gasteiger partial charge on any atom is -0.496 e. The number of aliphatic imine (C=N–C) groups is 1. The lowest BCUT2D eigenvalue weighted by molar-refractivity contribution is 0.0932. The Morgan fingerprint density at radius 3 is 2.50 bits per heavy atom. The number of nitriles is 1. The Morgan fingerprint density at radius 1 is 1.16 bits per heavy atom. The summed E-state index contributed by atoms with van der Waals surface area (Å²) in [6, 6.07) is 17.7. The number of para-hydroxylation sites is 1. The van der Waals surface area contributed by atoms with E-state index < -0.39 is 0 Å². The number of methoxy groups -OCH3 is 1. The van der Waals surface area contributed by atoms with E-state index in [4.69, 9.17) is 10.00 Å². The lowest BCUT2D eigenvalue weighted by atomic mass is 9.68. The van der Waals surface area contributed by atoms with Gasteiger partial charge >= 0.3 is 0 Å². The van der Waals surface area contributed by atoms with Gasteiger partial charge < -0.3 is 10.1 Å². The van der Waals surface area contributed by atoms with Gasteiger partial charge in [0.15, 0.2) is 6.19 Å². The molecule has 8 nitrogen and oxygen atoms in total. The van der Waals surface area contributed by atoms with Gasteiger partial charge in [0.1, 0.15) is 5.75 Å². The van der Waals surface area contributed by atoms with Crippen molar-refractivity contribution in [3.63, 3.8) is 0 Å². The molecule has 0 bridgehead atoms. The van der Waals surface area contributed by atoms with Crippen molar-refractivity contribution >= 4 is 11.9 Å². The van der Waals surface area contributed by atoms with E-state index >= 15 is 0 Å². The molecule has 2 aromatic rings. The molecular weight excluding hydrogens is 404 g/mol. The van der Waals surface area contributed by atoms with Crippen LogP contribution in [0.3, 0.4) is 0 Å². The summed E-state index contributed by atoms with van der Waals surface area (Å²) in [4.78, 5) is 17.6. The van der Waals surface area contributed by atoms with Crippen LogP contribution in [0.1, 0.15) is 41.6 Å². The summed E-state index contributed by atoms with van der Waals surface area (Å²) in [6.45, 7) is 0.530. The fraction of sp³-hybridized carbons (Fsp3) is 0.375. The normalized spacial score (nSPS) is 20.7. The lowest BCUT2D eigenvalue weighted by Crippen LogP contribution is -2.45. The van der Waals surface area contributed by atoms with Crippen molar-refractivity contribution in [2.24, 2.45) is 4.99 Å². The number of hydrazine groups is 1. The number of benzene rings is 2. The molecule has 1 aliphatic rings. The summed E-state index contributed by atoms with van der Waals surface area (Å²) in [5.74, 6) is 0.833. The first-order valence-electron chi connectivity index (χ1n) is 10.7. The van der Waals surface area contributed by atoms with Gasteiger partial charge in [-0.15, -0.1) is 0 Å². The largest absolute Gasteiger partial charge is 0.496 e. The van der Waals surface area contributed by atoms with E-state index in [0.717, 1.165) is 25.7 Å².